The minimum Gasteiger partial charge on any atom is -0.307 e. The van der Waals surface area contributed by atoms with Crippen molar-refractivity contribution < 1.29 is 8.42 Å². The second-order valence-corrected chi connectivity index (χ2v) is 8.90. The molecule has 20 heavy (non-hydrogen) atoms. The van der Waals surface area contributed by atoms with Crippen molar-refractivity contribution >= 4 is 25.8 Å². The maximum atomic E-state index is 11.7. The molecule has 0 spiro atoms. The fourth-order valence-electron chi connectivity index (χ4n) is 2.95. The Morgan fingerprint density at radius 1 is 1.30 bits per heavy atom. The lowest BCUT2D eigenvalue weighted by Crippen LogP contribution is -2.39. The Kier molecular flexibility index (Phi) is 5.26. The molecule has 3 atom stereocenters. The minimum absolute atomic E-state index is 0.180. The van der Waals surface area contributed by atoms with E-state index in [2.05, 4.69) is 34.2 Å². The first-order chi connectivity index (χ1) is 9.38. The van der Waals surface area contributed by atoms with Crippen LogP contribution in [0.5, 0.6) is 0 Å². The molecule has 0 amide bonds. The van der Waals surface area contributed by atoms with Gasteiger partial charge < -0.3 is 5.32 Å². The Morgan fingerprint density at radius 2 is 2.00 bits per heavy atom. The van der Waals surface area contributed by atoms with Crippen LogP contribution < -0.4 is 5.32 Å². The Bertz CT molecular complexity index is 559. The third kappa shape index (κ3) is 4.06. The fraction of sp³-hybridized carbons (Fsp3) is 0.600. The van der Waals surface area contributed by atoms with Crippen LogP contribution in [-0.4, -0.2) is 26.0 Å². The van der Waals surface area contributed by atoms with Crippen LogP contribution in [0.1, 0.15) is 44.2 Å². The summed E-state index contributed by atoms with van der Waals surface area (Å²) in [6.45, 7) is 2.13. The number of halogens is 1. The number of rotatable bonds is 4. The normalized spacial score (nSPS) is 25.4. The Morgan fingerprint density at radius 3 is 2.65 bits per heavy atom. The molecule has 0 bridgehead atoms. The molecule has 112 valence electrons. The first-order valence-corrected chi connectivity index (χ1v) is 9.82. The maximum Gasteiger partial charge on any atom is 0.150 e. The van der Waals surface area contributed by atoms with E-state index in [0.29, 0.717) is 0 Å². The molecule has 1 N–H and O–H groups in total. The lowest BCUT2D eigenvalue weighted by atomic mass is 9.93. The van der Waals surface area contributed by atoms with Gasteiger partial charge in [-0.25, -0.2) is 8.42 Å². The summed E-state index contributed by atoms with van der Waals surface area (Å²) in [5.74, 6) is 0. The number of hydrogen-bond acceptors (Lipinski definition) is 3. The van der Waals surface area contributed by atoms with E-state index in [4.69, 9.17) is 0 Å². The van der Waals surface area contributed by atoms with Crippen molar-refractivity contribution in [3.05, 3.63) is 34.3 Å². The van der Waals surface area contributed by atoms with E-state index in [1.807, 2.05) is 18.2 Å². The van der Waals surface area contributed by atoms with E-state index in [1.165, 1.54) is 11.8 Å². The average Bonchev–Trinajstić information content (AvgIpc) is 2.38. The maximum absolute atomic E-state index is 11.7. The van der Waals surface area contributed by atoms with Gasteiger partial charge in [-0.05, 0) is 37.8 Å². The molecule has 1 fully saturated rings. The van der Waals surface area contributed by atoms with Crippen LogP contribution >= 0.6 is 15.9 Å². The summed E-state index contributed by atoms with van der Waals surface area (Å²) in [5, 5.41) is 3.40. The van der Waals surface area contributed by atoms with Crippen molar-refractivity contribution in [1.29, 1.82) is 0 Å². The Labute approximate surface area is 130 Å². The van der Waals surface area contributed by atoms with Crippen LogP contribution in [-0.2, 0) is 9.84 Å². The van der Waals surface area contributed by atoms with Crippen molar-refractivity contribution in [3.8, 4) is 0 Å². The first kappa shape index (κ1) is 16.0. The van der Waals surface area contributed by atoms with Gasteiger partial charge in [-0.1, -0.05) is 40.5 Å². The van der Waals surface area contributed by atoms with Crippen molar-refractivity contribution in [3.63, 3.8) is 0 Å². The summed E-state index contributed by atoms with van der Waals surface area (Å²) in [5.41, 5.74) is 1.22. The van der Waals surface area contributed by atoms with E-state index >= 15 is 0 Å². The molecule has 1 aliphatic rings. The summed E-state index contributed by atoms with van der Waals surface area (Å²) in [6.07, 6.45) is 4.93. The van der Waals surface area contributed by atoms with Crippen LogP contribution in [0.15, 0.2) is 28.7 Å². The highest BCUT2D eigenvalue weighted by Gasteiger charge is 2.29. The summed E-state index contributed by atoms with van der Waals surface area (Å²) in [7, 11) is -2.92. The van der Waals surface area contributed by atoms with Gasteiger partial charge in [0.05, 0.1) is 5.25 Å². The van der Waals surface area contributed by atoms with E-state index in [0.717, 1.165) is 30.2 Å². The quantitative estimate of drug-likeness (QED) is 0.895. The van der Waals surface area contributed by atoms with E-state index < -0.39 is 9.84 Å². The molecule has 1 aromatic rings. The number of hydrogen-bond donors (Lipinski definition) is 1. The van der Waals surface area contributed by atoms with Gasteiger partial charge in [-0.2, -0.15) is 0 Å². The number of sulfone groups is 1. The predicted molar refractivity (Wildman–Crippen MR) is 86.6 cm³/mol. The average molecular weight is 360 g/mol. The second kappa shape index (κ2) is 6.58. The first-order valence-electron chi connectivity index (χ1n) is 7.07. The lowest BCUT2D eigenvalue weighted by molar-refractivity contribution is 0.346. The van der Waals surface area contributed by atoms with E-state index in [9.17, 15) is 8.42 Å². The molecule has 0 radical (unpaired) electrons. The number of nitrogens with one attached hydrogen (secondary N) is 1. The van der Waals surface area contributed by atoms with Gasteiger partial charge >= 0.3 is 0 Å². The van der Waals surface area contributed by atoms with Crippen LogP contribution in [0.2, 0.25) is 0 Å². The van der Waals surface area contributed by atoms with E-state index in [1.54, 1.807) is 0 Å². The monoisotopic (exact) mass is 359 g/mol. The molecule has 0 heterocycles. The molecule has 1 aliphatic carbocycles. The van der Waals surface area contributed by atoms with Gasteiger partial charge in [0.2, 0.25) is 0 Å². The molecule has 3 nitrogen and oxygen atoms in total. The molecule has 0 aromatic heterocycles. The van der Waals surface area contributed by atoms with Crippen molar-refractivity contribution in [2.45, 2.75) is 49.9 Å². The molecule has 0 saturated heterocycles. The lowest BCUT2D eigenvalue weighted by Gasteiger charge is -2.31. The van der Waals surface area contributed by atoms with Crippen LogP contribution in [0.4, 0.5) is 0 Å². The van der Waals surface area contributed by atoms with Gasteiger partial charge in [0.15, 0.2) is 0 Å². The minimum atomic E-state index is -2.92. The van der Waals surface area contributed by atoms with Crippen LogP contribution in [0.3, 0.4) is 0 Å². The van der Waals surface area contributed by atoms with Crippen LogP contribution in [0, 0.1) is 0 Å². The summed E-state index contributed by atoms with van der Waals surface area (Å²) in [4.78, 5) is 0. The zero-order valence-corrected chi connectivity index (χ0v) is 14.4. The third-order valence-electron chi connectivity index (χ3n) is 4.09. The smallest absolute Gasteiger partial charge is 0.150 e. The Hall–Kier alpha value is -0.390. The zero-order valence-electron chi connectivity index (χ0n) is 12.0. The summed E-state index contributed by atoms with van der Waals surface area (Å²) >= 11 is 3.57. The van der Waals surface area contributed by atoms with E-state index in [-0.39, 0.29) is 17.3 Å². The molecule has 1 saturated carbocycles. The van der Waals surface area contributed by atoms with Crippen molar-refractivity contribution in [1.82, 2.24) is 5.32 Å². The zero-order chi connectivity index (χ0) is 14.8. The standard InChI is InChI=1S/C15H22BrNO2S/c1-11(14-8-3-4-9-15(14)16)17-12-6-5-7-13(10-12)20(2,18)19/h3-4,8-9,11-13,17H,5-7,10H2,1-2H3/t11-,12?,13?/m1/s1. The van der Waals surface area contributed by atoms with Gasteiger partial charge in [0.1, 0.15) is 9.84 Å². The highest BCUT2D eigenvalue weighted by molar-refractivity contribution is 9.10. The highest BCUT2D eigenvalue weighted by atomic mass is 79.9. The fourth-order valence-corrected chi connectivity index (χ4v) is 4.76. The second-order valence-electron chi connectivity index (χ2n) is 5.72. The van der Waals surface area contributed by atoms with Crippen LogP contribution in [0.25, 0.3) is 0 Å². The van der Waals surface area contributed by atoms with Gasteiger partial charge in [-0.3, -0.25) is 0 Å². The van der Waals surface area contributed by atoms with Gasteiger partial charge in [0.25, 0.3) is 0 Å². The Balaban J connectivity index is 2.01. The molecule has 2 rings (SSSR count). The highest BCUT2D eigenvalue weighted by Crippen LogP contribution is 2.28. The van der Waals surface area contributed by atoms with Crippen molar-refractivity contribution in [2.75, 3.05) is 6.26 Å². The predicted octanol–water partition coefficient (Wildman–Crippen LogP) is 3.46. The summed E-state index contributed by atoms with van der Waals surface area (Å²) < 4.78 is 24.5. The molecule has 1 aromatic carbocycles. The molecular formula is C15H22BrNO2S. The van der Waals surface area contributed by atoms with Crippen molar-refractivity contribution in [2.24, 2.45) is 0 Å². The molecule has 5 heteroatoms. The molecular weight excluding hydrogens is 338 g/mol. The molecule has 2 unspecified atom stereocenters. The topological polar surface area (TPSA) is 46.2 Å². The third-order valence-corrected chi connectivity index (χ3v) is 6.45. The number of benzene rings is 1. The molecule has 0 aliphatic heterocycles. The van der Waals surface area contributed by atoms with Gasteiger partial charge in [-0.15, -0.1) is 0 Å². The largest absolute Gasteiger partial charge is 0.307 e. The summed E-state index contributed by atoms with van der Waals surface area (Å²) in [6, 6.07) is 8.66. The van der Waals surface area contributed by atoms with Gasteiger partial charge in [0, 0.05) is 22.8 Å². The SMILES string of the molecule is C[C@@H](NC1CCCC(S(C)(=O)=O)C1)c1ccccc1Br.